The summed E-state index contributed by atoms with van der Waals surface area (Å²) in [5.41, 5.74) is 7.51. The topological polar surface area (TPSA) is 55.5 Å². The normalized spacial score (nSPS) is 12.2. The summed E-state index contributed by atoms with van der Waals surface area (Å²) in [5.74, 6) is 0.579. The maximum absolute atomic E-state index is 9.01. The molecule has 0 radical (unpaired) electrons. The Morgan fingerprint density at radius 3 is 2.40 bits per heavy atom. The Bertz CT molecular complexity index is 573. The monoisotopic (exact) mass is 311 g/mol. The van der Waals surface area contributed by atoms with Gasteiger partial charge in [-0.25, -0.2) is 0 Å². The zero-order chi connectivity index (χ0) is 14.5. The van der Waals surface area contributed by atoms with E-state index < -0.39 is 6.04 Å². The number of aliphatic hydroxyl groups is 1. The van der Waals surface area contributed by atoms with Crippen LogP contribution in [-0.2, 0) is 6.61 Å². The summed E-state index contributed by atoms with van der Waals surface area (Å²) in [4.78, 5) is 0. The zero-order valence-corrected chi connectivity index (χ0v) is 12.2. The van der Waals surface area contributed by atoms with E-state index in [0.29, 0.717) is 22.4 Å². The highest BCUT2D eigenvalue weighted by Crippen LogP contribution is 2.28. The first kappa shape index (κ1) is 15.1. The maximum atomic E-state index is 9.01. The van der Waals surface area contributed by atoms with Crippen molar-refractivity contribution in [2.75, 3.05) is 6.61 Å². The lowest BCUT2D eigenvalue weighted by atomic mass is 10.1. The number of aliphatic hydroxyl groups excluding tert-OH is 1. The molecule has 2 rings (SSSR count). The second kappa shape index (κ2) is 6.95. The third kappa shape index (κ3) is 3.87. The number of halogens is 2. The SMILES string of the molecule is N[C@H](CO)c1ccc(OCc2ccc(Cl)cc2)c(Cl)c1. The van der Waals surface area contributed by atoms with Crippen molar-refractivity contribution in [2.45, 2.75) is 12.6 Å². The number of rotatable bonds is 5. The van der Waals surface area contributed by atoms with Gasteiger partial charge in [0.1, 0.15) is 12.4 Å². The average Bonchev–Trinajstić information content (AvgIpc) is 2.46. The average molecular weight is 312 g/mol. The van der Waals surface area contributed by atoms with Crippen LogP contribution < -0.4 is 10.5 Å². The molecule has 106 valence electrons. The van der Waals surface area contributed by atoms with Crippen LogP contribution in [0.15, 0.2) is 42.5 Å². The van der Waals surface area contributed by atoms with Crippen LogP contribution in [-0.4, -0.2) is 11.7 Å². The Kier molecular flexibility index (Phi) is 5.26. The van der Waals surface area contributed by atoms with Gasteiger partial charge in [0, 0.05) is 5.02 Å². The van der Waals surface area contributed by atoms with E-state index in [1.165, 1.54) is 0 Å². The van der Waals surface area contributed by atoms with Crippen molar-refractivity contribution >= 4 is 23.2 Å². The van der Waals surface area contributed by atoms with E-state index in [4.69, 9.17) is 38.8 Å². The van der Waals surface area contributed by atoms with Crippen molar-refractivity contribution in [3.63, 3.8) is 0 Å². The third-order valence-corrected chi connectivity index (χ3v) is 3.44. The third-order valence-electron chi connectivity index (χ3n) is 2.89. The highest BCUT2D eigenvalue weighted by molar-refractivity contribution is 6.32. The van der Waals surface area contributed by atoms with Crippen LogP contribution in [0.1, 0.15) is 17.2 Å². The number of ether oxygens (including phenoxy) is 1. The summed E-state index contributed by atoms with van der Waals surface area (Å²) in [6, 6.07) is 12.2. The fourth-order valence-corrected chi connectivity index (χ4v) is 2.08. The van der Waals surface area contributed by atoms with Gasteiger partial charge in [0.25, 0.3) is 0 Å². The Hall–Kier alpha value is -1.26. The second-order valence-electron chi connectivity index (χ2n) is 4.39. The highest BCUT2D eigenvalue weighted by Gasteiger charge is 2.08. The molecule has 0 unspecified atom stereocenters. The van der Waals surface area contributed by atoms with Gasteiger partial charge in [-0.3, -0.25) is 0 Å². The minimum Gasteiger partial charge on any atom is -0.487 e. The maximum Gasteiger partial charge on any atom is 0.138 e. The van der Waals surface area contributed by atoms with Crippen LogP contribution in [0, 0.1) is 0 Å². The summed E-state index contributed by atoms with van der Waals surface area (Å²) >= 11 is 12.0. The predicted molar refractivity (Wildman–Crippen MR) is 81.3 cm³/mol. The van der Waals surface area contributed by atoms with Crippen molar-refractivity contribution in [3.8, 4) is 5.75 Å². The van der Waals surface area contributed by atoms with Crippen LogP contribution in [0.2, 0.25) is 10.0 Å². The summed E-state index contributed by atoms with van der Waals surface area (Å²) in [6.07, 6.45) is 0. The van der Waals surface area contributed by atoms with Gasteiger partial charge in [-0.1, -0.05) is 41.4 Å². The van der Waals surface area contributed by atoms with Crippen LogP contribution >= 0.6 is 23.2 Å². The van der Waals surface area contributed by atoms with Gasteiger partial charge < -0.3 is 15.6 Å². The molecular formula is C15H15Cl2NO2. The molecule has 0 amide bonds. The van der Waals surface area contributed by atoms with Gasteiger partial charge in [-0.2, -0.15) is 0 Å². The molecule has 0 saturated carbocycles. The first-order valence-electron chi connectivity index (χ1n) is 6.13. The van der Waals surface area contributed by atoms with Crippen molar-refractivity contribution in [1.29, 1.82) is 0 Å². The lowest BCUT2D eigenvalue weighted by molar-refractivity contribution is 0.267. The van der Waals surface area contributed by atoms with Crippen molar-refractivity contribution in [2.24, 2.45) is 5.73 Å². The molecule has 20 heavy (non-hydrogen) atoms. The lowest BCUT2D eigenvalue weighted by Crippen LogP contribution is -2.14. The minimum atomic E-state index is -0.433. The molecule has 1 atom stereocenters. The van der Waals surface area contributed by atoms with Crippen molar-refractivity contribution < 1.29 is 9.84 Å². The molecule has 0 aliphatic carbocycles. The van der Waals surface area contributed by atoms with E-state index in [1.807, 2.05) is 24.3 Å². The summed E-state index contributed by atoms with van der Waals surface area (Å²) < 4.78 is 5.65. The predicted octanol–water partition coefficient (Wildman–Crippen LogP) is 3.56. The van der Waals surface area contributed by atoms with Gasteiger partial charge in [-0.05, 0) is 35.4 Å². The Morgan fingerprint density at radius 2 is 1.80 bits per heavy atom. The molecule has 5 heteroatoms. The van der Waals surface area contributed by atoms with Gasteiger partial charge >= 0.3 is 0 Å². The largest absolute Gasteiger partial charge is 0.487 e. The molecule has 0 aromatic heterocycles. The number of benzene rings is 2. The summed E-state index contributed by atoms with van der Waals surface area (Å²) in [5, 5.41) is 10.2. The molecule has 0 spiro atoms. The number of hydrogen-bond acceptors (Lipinski definition) is 3. The smallest absolute Gasteiger partial charge is 0.138 e. The molecule has 2 aromatic carbocycles. The zero-order valence-electron chi connectivity index (χ0n) is 10.7. The Morgan fingerprint density at radius 1 is 1.10 bits per heavy atom. The van der Waals surface area contributed by atoms with E-state index in [0.717, 1.165) is 11.1 Å². The quantitative estimate of drug-likeness (QED) is 0.887. The van der Waals surface area contributed by atoms with Gasteiger partial charge in [0.15, 0.2) is 0 Å². The van der Waals surface area contributed by atoms with Crippen molar-refractivity contribution in [1.82, 2.24) is 0 Å². The van der Waals surface area contributed by atoms with Crippen LogP contribution in [0.4, 0.5) is 0 Å². The Labute approximate surface area is 127 Å². The fraction of sp³-hybridized carbons (Fsp3) is 0.200. The van der Waals surface area contributed by atoms with Gasteiger partial charge in [-0.15, -0.1) is 0 Å². The van der Waals surface area contributed by atoms with Crippen LogP contribution in [0.25, 0.3) is 0 Å². The van der Waals surface area contributed by atoms with Gasteiger partial charge in [0.2, 0.25) is 0 Å². The van der Waals surface area contributed by atoms with E-state index in [9.17, 15) is 0 Å². The van der Waals surface area contributed by atoms with E-state index in [1.54, 1.807) is 18.2 Å². The summed E-state index contributed by atoms with van der Waals surface area (Å²) in [6.45, 7) is 0.281. The molecule has 0 saturated heterocycles. The molecule has 0 fully saturated rings. The van der Waals surface area contributed by atoms with E-state index >= 15 is 0 Å². The molecule has 3 N–H and O–H groups in total. The summed E-state index contributed by atoms with van der Waals surface area (Å²) in [7, 11) is 0. The first-order chi connectivity index (χ1) is 9.60. The number of hydrogen-bond donors (Lipinski definition) is 2. The molecule has 3 nitrogen and oxygen atoms in total. The highest BCUT2D eigenvalue weighted by atomic mass is 35.5. The standard InChI is InChI=1S/C15H15Cl2NO2/c16-12-4-1-10(2-5-12)9-20-15-6-3-11(7-13(15)17)14(18)8-19/h1-7,14,19H,8-9,18H2/t14-/m1/s1. The minimum absolute atomic E-state index is 0.124. The Balaban J connectivity index is 2.04. The molecule has 0 bridgehead atoms. The number of nitrogens with two attached hydrogens (primary N) is 1. The first-order valence-corrected chi connectivity index (χ1v) is 6.89. The molecule has 0 heterocycles. The molecule has 0 aliphatic rings. The molecular weight excluding hydrogens is 297 g/mol. The van der Waals surface area contributed by atoms with Crippen LogP contribution in [0.5, 0.6) is 5.75 Å². The van der Waals surface area contributed by atoms with E-state index in [-0.39, 0.29) is 6.61 Å². The van der Waals surface area contributed by atoms with Gasteiger partial charge in [0.05, 0.1) is 17.7 Å². The fourth-order valence-electron chi connectivity index (χ4n) is 1.71. The van der Waals surface area contributed by atoms with E-state index in [2.05, 4.69) is 0 Å². The molecule has 0 aliphatic heterocycles. The molecule has 2 aromatic rings. The lowest BCUT2D eigenvalue weighted by Gasteiger charge is -2.12. The van der Waals surface area contributed by atoms with Crippen LogP contribution in [0.3, 0.4) is 0 Å². The second-order valence-corrected chi connectivity index (χ2v) is 5.24. The van der Waals surface area contributed by atoms with Crippen molar-refractivity contribution in [3.05, 3.63) is 63.6 Å².